The van der Waals surface area contributed by atoms with Gasteiger partial charge in [0.15, 0.2) is 11.5 Å². The summed E-state index contributed by atoms with van der Waals surface area (Å²) >= 11 is 0. The van der Waals surface area contributed by atoms with Crippen LogP contribution in [0.4, 0.5) is 5.69 Å². The van der Waals surface area contributed by atoms with E-state index in [2.05, 4.69) is 15.8 Å². The second kappa shape index (κ2) is 13.4. The van der Waals surface area contributed by atoms with Crippen molar-refractivity contribution in [1.82, 2.24) is 5.43 Å². The number of hydrogen-bond acceptors (Lipinski definition) is 7. The molecule has 0 saturated heterocycles. The Bertz CT molecular complexity index is 1540. The van der Waals surface area contributed by atoms with Crippen molar-refractivity contribution in [2.45, 2.75) is 6.92 Å². The number of benzene rings is 4. The van der Waals surface area contributed by atoms with E-state index in [1.54, 1.807) is 91.0 Å². The predicted molar refractivity (Wildman–Crippen MR) is 151 cm³/mol. The second-order valence-corrected chi connectivity index (χ2v) is 8.36. The van der Waals surface area contributed by atoms with Gasteiger partial charge in [-0.2, -0.15) is 5.10 Å². The lowest BCUT2D eigenvalue weighted by atomic mass is 10.1. The van der Waals surface area contributed by atoms with Crippen LogP contribution < -0.4 is 25.0 Å². The lowest BCUT2D eigenvalue weighted by Gasteiger charge is -2.11. The van der Waals surface area contributed by atoms with Gasteiger partial charge in [-0.15, -0.1) is 0 Å². The maximum Gasteiger partial charge on any atom is 0.343 e. The molecule has 9 nitrogen and oxygen atoms in total. The molecule has 2 amide bonds. The van der Waals surface area contributed by atoms with Crippen LogP contribution in [0.15, 0.2) is 102 Å². The van der Waals surface area contributed by atoms with Gasteiger partial charge in [0.2, 0.25) is 0 Å². The maximum absolute atomic E-state index is 12.7. The Morgan fingerprint density at radius 3 is 2.25 bits per heavy atom. The van der Waals surface area contributed by atoms with Gasteiger partial charge >= 0.3 is 5.97 Å². The van der Waals surface area contributed by atoms with Crippen molar-refractivity contribution in [3.05, 3.63) is 119 Å². The Balaban J connectivity index is 1.39. The summed E-state index contributed by atoms with van der Waals surface area (Å²) in [6.07, 6.45) is 1.44. The third kappa shape index (κ3) is 7.32. The summed E-state index contributed by atoms with van der Waals surface area (Å²) < 4.78 is 16.3. The molecule has 4 rings (SSSR count). The van der Waals surface area contributed by atoms with Crippen LogP contribution in [0, 0.1) is 0 Å². The molecule has 0 saturated carbocycles. The molecule has 0 aliphatic rings. The van der Waals surface area contributed by atoms with E-state index in [0.29, 0.717) is 46.0 Å². The van der Waals surface area contributed by atoms with Gasteiger partial charge in [-0.25, -0.2) is 10.2 Å². The molecule has 0 radical (unpaired) electrons. The molecular weight excluding hydrogens is 510 g/mol. The summed E-state index contributed by atoms with van der Waals surface area (Å²) in [5, 5.41) is 6.80. The molecule has 40 heavy (non-hydrogen) atoms. The summed E-state index contributed by atoms with van der Waals surface area (Å²) in [5.41, 5.74) is 4.68. The minimum Gasteiger partial charge on any atom is -0.497 e. The summed E-state index contributed by atoms with van der Waals surface area (Å²) in [6.45, 7) is 2.18. The Morgan fingerprint density at radius 1 is 0.775 bits per heavy atom. The quantitative estimate of drug-likeness (QED) is 0.122. The number of amides is 2. The number of nitrogens with one attached hydrogen (secondary N) is 2. The van der Waals surface area contributed by atoms with Crippen molar-refractivity contribution in [2.75, 3.05) is 19.0 Å². The van der Waals surface area contributed by atoms with Crippen LogP contribution in [0.25, 0.3) is 0 Å². The summed E-state index contributed by atoms with van der Waals surface area (Å²) in [6, 6.07) is 26.8. The topological polar surface area (TPSA) is 115 Å². The van der Waals surface area contributed by atoms with E-state index < -0.39 is 11.9 Å². The molecule has 0 aliphatic carbocycles. The largest absolute Gasteiger partial charge is 0.497 e. The molecule has 9 heteroatoms. The Kier molecular flexibility index (Phi) is 9.23. The smallest absolute Gasteiger partial charge is 0.343 e. The number of carbonyl (C=O) groups excluding carboxylic acids is 3. The van der Waals surface area contributed by atoms with Crippen LogP contribution in [0.3, 0.4) is 0 Å². The van der Waals surface area contributed by atoms with Crippen LogP contribution in [-0.4, -0.2) is 37.7 Å². The van der Waals surface area contributed by atoms with Crippen molar-refractivity contribution in [1.29, 1.82) is 0 Å². The number of ether oxygens (including phenoxy) is 3. The minimum absolute atomic E-state index is 0.268. The van der Waals surface area contributed by atoms with E-state index in [1.165, 1.54) is 13.3 Å². The van der Waals surface area contributed by atoms with Gasteiger partial charge in [-0.3, -0.25) is 9.59 Å². The zero-order valence-corrected chi connectivity index (χ0v) is 21.9. The Hall–Kier alpha value is -5.44. The molecule has 0 fully saturated rings. The van der Waals surface area contributed by atoms with Crippen molar-refractivity contribution in [3.63, 3.8) is 0 Å². The lowest BCUT2D eigenvalue weighted by molar-refractivity contribution is 0.0728. The van der Waals surface area contributed by atoms with Gasteiger partial charge in [0.05, 0.1) is 25.5 Å². The van der Waals surface area contributed by atoms with Crippen LogP contribution >= 0.6 is 0 Å². The van der Waals surface area contributed by atoms with E-state index in [0.717, 1.165) is 0 Å². The molecule has 4 aromatic rings. The first-order chi connectivity index (χ1) is 19.5. The molecule has 0 bridgehead atoms. The second-order valence-electron chi connectivity index (χ2n) is 8.36. The summed E-state index contributed by atoms with van der Waals surface area (Å²) in [5.74, 6) is -0.108. The van der Waals surface area contributed by atoms with Crippen LogP contribution in [0.1, 0.15) is 43.6 Å². The normalized spacial score (nSPS) is 10.6. The highest BCUT2D eigenvalue weighted by molar-refractivity contribution is 6.05. The van der Waals surface area contributed by atoms with Gasteiger partial charge in [0, 0.05) is 16.8 Å². The molecule has 0 spiro atoms. The van der Waals surface area contributed by atoms with Crippen molar-refractivity contribution in [2.24, 2.45) is 5.10 Å². The molecule has 202 valence electrons. The highest BCUT2D eigenvalue weighted by Gasteiger charge is 2.13. The maximum atomic E-state index is 12.7. The first-order valence-corrected chi connectivity index (χ1v) is 12.4. The predicted octanol–water partition coefficient (Wildman–Crippen LogP) is 5.33. The number of methoxy groups -OCH3 is 1. The zero-order valence-electron chi connectivity index (χ0n) is 21.9. The fourth-order valence-corrected chi connectivity index (χ4v) is 3.63. The van der Waals surface area contributed by atoms with E-state index >= 15 is 0 Å². The van der Waals surface area contributed by atoms with Gasteiger partial charge in [0.1, 0.15) is 5.75 Å². The third-order valence-corrected chi connectivity index (χ3v) is 5.57. The fraction of sp³-hybridized carbons (Fsp3) is 0.0968. The first-order valence-electron chi connectivity index (χ1n) is 12.4. The highest BCUT2D eigenvalue weighted by atomic mass is 16.6. The Labute approximate surface area is 231 Å². The standard InChI is InChI=1S/C31H27N3O6/c1-3-39-28-17-21(15-16-27(28)40-31(37)22-9-5-4-6-10-22)20-32-34-30(36)23-11-7-13-25(18-23)33-29(35)24-12-8-14-26(19-24)38-2/h4-20H,3H2,1-2H3,(H,33,35)(H,34,36). The number of anilines is 1. The lowest BCUT2D eigenvalue weighted by Crippen LogP contribution is -2.18. The molecule has 0 aliphatic heterocycles. The SMILES string of the molecule is CCOc1cc(C=NNC(=O)c2cccc(NC(=O)c3cccc(OC)c3)c2)ccc1OC(=O)c1ccccc1. The Morgan fingerprint density at radius 2 is 1.50 bits per heavy atom. The van der Waals surface area contributed by atoms with E-state index in [-0.39, 0.29) is 11.7 Å². The number of esters is 1. The summed E-state index contributed by atoms with van der Waals surface area (Å²) in [4.78, 5) is 37.7. The van der Waals surface area contributed by atoms with Crippen molar-refractivity contribution in [3.8, 4) is 17.2 Å². The monoisotopic (exact) mass is 537 g/mol. The average Bonchev–Trinajstić information content (AvgIpc) is 2.99. The molecule has 4 aromatic carbocycles. The molecule has 0 unspecified atom stereocenters. The fourth-order valence-electron chi connectivity index (χ4n) is 3.63. The average molecular weight is 538 g/mol. The third-order valence-electron chi connectivity index (χ3n) is 5.57. The van der Waals surface area contributed by atoms with Gasteiger partial charge < -0.3 is 19.5 Å². The van der Waals surface area contributed by atoms with Crippen LogP contribution in [0.5, 0.6) is 17.2 Å². The first kappa shape index (κ1) is 27.6. The van der Waals surface area contributed by atoms with Crippen molar-refractivity contribution < 1.29 is 28.6 Å². The minimum atomic E-state index is -0.503. The number of hydrazone groups is 1. The van der Waals surface area contributed by atoms with E-state index in [1.807, 2.05) is 13.0 Å². The number of carbonyl (C=O) groups is 3. The molecule has 0 atom stereocenters. The van der Waals surface area contributed by atoms with Crippen LogP contribution in [0.2, 0.25) is 0 Å². The van der Waals surface area contributed by atoms with Gasteiger partial charge in [-0.05, 0) is 79.2 Å². The van der Waals surface area contributed by atoms with E-state index in [4.69, 9.17) is 14.2 Å². The number of rotatable bonds is 10. The molecule has 0 heterocycles. The van der Waals surface area contributed by atoms with Crippen molar-refractivity contribution >= 4 is 29.7 Å². The highest BCUT2D eigenvalue weighted by Crippen LogP contribution is 2.29. The van der Waals surface area contributed by atoms with Crippen LogP contribution in [-0.2, 0) is 0 Å². The number of nitrogens with zero attached hydrogens (tertiary/aromatic N) is 1. The van der Waals surface area contributed by atoms with Gasteiger partial charge in [-0.1, -0.05) is 30.3 Å². The molecule has 2 N–H and O–H groups in total. The molecular formula is C31H27N3O6. The number of hydrogen-bond donors (Lipinski definition) is 2. The van der Waals surface area contributed by atoms with Gasteiger partial charge in [0.25, 0.3) is 11.8 Å². The summed E-state index contributed by atoms with van der Waals surface area (Å²) in [7, 11) is 1.53. The van der Waals surface area contributed by atoms with E-state index in [9.17, 15) is 14.4 Å². The zero-order chi connectivity index (χ0) is 28.3. The molecule has 0 aromatic heterocycles.